The van der Waals surface area contributed by atoms with Crippen LogP contribution in [0.1, 0.15) is 11.3 Å². The number of thiocarbonyl (C=S) groups is 1. The van der Waals surface area contributed by atoms with Crippen molar-refractivity contribution >= 4 is 51.9 Å². The first kappa shape index (κ1) is 20.5. The van der Waals surface area contributed by atoms with Crippen molar-refractivity contribution in [2.24, 2.45) is 0 Å². The van der Waals surface area contributed by atoms with Crippen molar-refractivity contribution in [1.29, 1.82) is 0 Å². The van der Waals surface area contributed by atoms with Gasteiger partial charge in [0.05, 0.1) is 23.5 Å². The molecule has 2 aromatic carbocycles. The second-order valence-electron chi connectivity index (χ2n) is 6.55. The maximum Gasteiger partial charge on any atom is 0.174 e. The predicted molar refractivity (Wildman–Crippen MR) is 121 cm³/mol. The number of anilines is 2. The van der Waals surface area contributed by atoms with Crippen LogP contribution < -0.4 is 10.2 Å². The Bertz CT molecular complexity index is 927. The molecule has 1 heterocycles. The van der Waals surface area contributed by atoms with Crippen LogP contribution in [0.2, 0.25) is 10.0 Å². The van der Waals surface area contributed by atoms with E-state index in [9.17, 15) is 0 Å². The number of nitrogens with one attached hydrogen (secondary N) is 1. The highest BCUT2D eigenvalue weighted by Crippen LogP contribution is 2.26. The minimum Gasteiger partial charge on any atom is -0.467 e. The zero-order valence-electron chi connectivity index (χ0n) is 15.7. The molecule has 0 aliphatic heterocycles. The van der Waals surface area contributed by atoms with E-state index in [-0.39, 0.29) is 0 Å². The van der Waals surface area contributed by atoms with Crippen molar-refractivity contribution in [1.82, 2.24) is 4.90 Å². The van der Waals surface area contributed by atoms with Gasteiger partial charge in [0.15, 0.2) is 5.11 Å². The van der Waals surface area contributed by atoms with E-state index in [0.717, 1.165) is 17.0 Å². The van der Waals surface area contributed by atoms with Crippen LogP contribution in [-0.2, 0) is 13.1 Å². The SMILES string of the molecule is CN(C)c1ccc(CN(Cc2ccco2)C(=S)Nc2cc(Cl)ccc2Cl)cc1. The molecule has 0 fully saturated rings. The van der Waals surface area contributed by atoms with Crippen LogP contribution in [0.25, 0.3) is 0 Å². The van der Waals surface area contributed by atoms with Gasteiger partial charge in [-0.05, 0) is 60.2 Å². The minimum absolute atomic E-state index is 0.534. The summed E-state index contributed by atoms with van der Waals surface area (Å²) in [5.41, 5.74) is 2.96. The van der Waals surface area contributed by atoms with E-state index in [4.69, 9.17) is 39.8 Å². The molecule has 0 saturated heterocycles. The fraction of sp³-hybridized carbons (Fsp3) is 0.190. The van der Waals surface area contributed by atoms with Gasteiger partial charge in [-0.2, -0.15) is 0 Å². The highest BCUT2D eigenvalue weighted by molar-refractivity contribution is 7.80. The smallest absolute Gasteiger partial charge is 0.174 e. The van der Waals surface area contributed by atoms with Gasteiger partial charge in [0.25, 0.3) is 0 Å². The first-order chi connectivity index (χ1) is 13.4. The van der Waals surface area contributed by atoms with Crippen molar-refractivity contribution in [2.45, 2.75) is 13.1 Å². The number of halogens is 2. The zero-order valence-corrected chi connectivity index (χ0v) is 18.0. The Morgan fingerprint density at radius 1 is 1.04 bits per heavy atom. The van der Waals surface area contributed by atoms with Gasteiger partial charge in [-0.15, -0.1) is 0 Å². The van der Waals surface area contributed by atoms with Crippen LogP contribution in [0, 0.1) is 0 Å². The molecule has 0 aliphatic rings. The molecule has 3 rings (SSSR count). The molecule has 0 atom stereocenters. The lowest BCUT2D eigenvalue weighted by Crippen LogP contribution is -2.33. The van der Waals surface area contributed by atoms with Crippen molar-refractivity contribution in [3.63, 3.8) is 0 Å². The van der Waals surface area contributed by atoms with Crippen LogP contribution in [0.5, 0.6) is 0 Å². The second-order valence-corrected chi connectivity index (χ2v) is 7.78. The number of hydrogen-bond acceptors (Lipinski definition) is 3. The topological polar surface area (TPSA) is 31.6 Å². The largest absolute Gasteiger partial charge is 0.467 e. The summed E-state index contributed by atoms with van der Waals surface area (Å²) in [6.07, 6.45) is 1.66. The molecule has 3 aromatic rings. The summed E-state index contributed by atoms with van der Waals surface area (Å²) >= 11 is 18.0. The van der Waals surface area contributed by atoms with E-state index in [1.807, 2.05) is 31.1 Å². The highest BCUT2D eigenvalue weighted by atomic mass is 35.5. The maximum atomic E-state index is 6.27. The normalized spacial score (nSPS) is 10.6. The Hall–Kier alpha value is -2.21. The second kappa shape index (κ2) is 9.32. The van der Waals surface area contributed by atoms with Gasteiger partial charge in [0, 0.05) is 31.4 Å². The quantitative estimate of drug-likeness (QED) is 0.478. The summed E-state index contributed by atoms with van der Waals surface area (Å²) in [5, 5.41) is 4.89. The summed E-state index contributed by atoms with van der Waals surface area (Å²) in [6, 6.07) is 17.4. The van der Waals surface area contributed by atoms with Crippen molar-refractivity contribution in [3.05, 3.63) is 82.2 Å². The lowest BCUT2D eigenvalue weighted by atomic mass is 10.2. The molecule has 0 aliphatic carbocycles. The summed E-state index contributed by atoms with van der Waals surface area (Å²) in [4.78, 5) is 4.09. The van der Waals surface area contributed by atoms with E-state index in [1.165, 1.54) is 0 Å². The van der Waals surface area contributed by atoms with Crippen molar-refractivity contribution in [3.8, 4) is 0 Å². The van der Waals surface area contributed by atoms with Gasteiger partial charge in [-0.3, -0.25) is 0 Å². The fourth-order valence-electron chi connectivity index (χ4n) is 2.70. The van der Waals surface area contributed by atoms with Crippen LogP contribution in [0.15, 0.2) is 65.3 Å². The molecule has 0 unspecified atom stereocenters. The van der Waals surface area contributed by atoms with E-state index in [1.54, 1.807) is 24.5 Å². The van der Waals surface area contributed by atoms with E-state index in [2.05, 4.69) is 34.5 Å². The third-order valence-corrected chi connectivity index (χ3v) is 5.14. The zero-order chi connectivity index (χ0) is 20.1. The first-order valence-electron chi connectivity index (χ1n) is 8.72. The number of benzene rings is 2. The van der Waals surface area contributed by atoms with Gasteiger partial charge in [-0.25, -0.2) is 0 Å². The van der Waals surface area contributed by atoms with Gasteiger partial charge in [-0.1, -0.05) is 35.3 Å². The fourth-order valence-corrected chi connectivity index (χ4v) is 3.27. The standard InChI is InChI=1S/C21H21Cl2N3OS/c1-25(2)17-8-5-15(6-9-17)13-26(14-18-4-3-11-27-18)21(28)24-20-12-16(22)7-10-19(20)23/h3-12H,13-14H2,1-2H3,(H,24,28). The molecule has 0 saturated carbocycles. The first-order valence-corrected chi connectivity index (χ1v) is 9.88. The summed E-state index contributed by atoms with van der Waals surface area (Å²) < 4.78 is 5.51. The average Bonchev–Trinajstić information content (AvgIpc) is 3.17. The van der Waals surface area contributed by atoms with Crippen LogP contribution in [0.4, 0.5) is 11.4 Å². The van der Waals surface area contributed by atoms with Crippen molar-refractivity contribution in [2.75, 3.05) is 24.3 Å². The summed E-state index contributed by atoms with van der Waals surface area (Å²) in [5.74, 6) is 0.825. The molecule has 0 bridgehead atoms. The molecule has 1 N–H and O–H groups in total. The van der Waals surface area contributed by atoms with Crippen LogP contribution in [-0.4, -0.2) is 24.1 Å². The molecule has 146 valence electrons. The molecule has 7 heteroatoms. The molecule has 0 radical (unpaired) electrons. The monoisotopic (exact) mass is 433 g/mol. The highest BCUT2D eigenvalue weighted by Gasteiger charge is 2.15. The lowest BCUT2D eigenvalue weighted by molar-refractivity contribution is 0.360. The Kier molecular flexibility index (Phi) is 6.83. The Morgan fingerprint density at radius 3 is 2.43 bits per heavy atom. The molecule has 1 aromatic heterocycles. The Balaban J connectivity index is 1.79. The number of nitrogens with zero attached hydrogens (tertiary/aromatic N) is 2. The number of rotatable bonds is 6. The van der Waals surface area contributed by atoms with Gasteiger partial charge in [0.1, 0.15) is 5.76 Å². The molecule has 0 amide bonds. The van der Waals surface area contributed by atoms with Gasteiger partial charge in [0.2, 0.25) is 0 Å². The lowest BCUT2D eigenvalue weighted by Gasteiger charge is -2.26. The van der Waals surface area contributed by atoms with Crippen molar-refractivity contribution < 1.29 is 4.42 Å². The molecular formula is C21H21Cl2N3OS. The van der Waals surface area contributed by atoms with E-state index in [0.29, 0.717) is 33.9 Å². The van der Waals surface area contributed by atoms with E-state index >= 15 is 0 Å². The number of furan rings is 1. The third-order valence-electron chi connectivity index (χ3n) is 4.21. The van der Waals surface area contributed by atoms with E-state index < -0.39 is 0 Å². The molecule has 4 nitrogen and oxygen atoms in total. The summed E-state index contributed by atoms with van der Waals surface area (Å²) in [7, 11) is 4.04. The Labute approximate surface area is 180 Å². The van der Waals surface area contributed by atoms with Crippen LogP contribution >= 0.6 is 35.4 Å². The number of hydrogen-bond donors (Lipinski definition) is 1. The Morgan fingerprint density at radius 2 is 1.79 bits per heavy atom. The molecule has 28 heavy (non-hydrogen) atoms. The third kappa shape index (κ3) is 5.41. The predicted octanol–water partition coefficient (Wildman–Crippen LogP) is 6.05. The van der Waals surface area contributed by atoms with Gasteiger partial charge < -0.3 is 19.5 Å². The average molecular weight is 434 g/mol. The maximum absolute atomic E-state index is 6.27. The molecule has 0 spiro atoms. The van der Waals surface area contributed by atoms with Gasteiger partial charge >= 0.3 is 0 Å². The van der Waals surface area contributed by atoms with Crippen LogP contribution in [0.3, 0.4) is 0 Å². The molecular weight excluding hydrogens is 413 g/mol. The summed E-state index contributed by atoms with van der Waals surface area (Å²) in [6.45, 7) is 1.16. The minimum atomic E-state index is 0.534.